The highest BCUT2D eigenvalue weighted by Gasteiger charge is 2.40. The first-order chi connectivity index (χ1) is 8.48. The number of nitrogens with one attached hydrogen (secondary N) is 2. The largest absolute Gasteiger partial charge is 0.405 e. The Morgan fingerprint density at radius 1 is 1.56 bits per heavy atom. The molecule has 18 heavy (non-hydrogen) atoms. The van der Waals surface area contributed by atoms with E-state index in [0.717, 1.165) is 12.3 Å². The molecular weight excluding hydrogens is 248 g/mol. The second kappa shape index (κ2) is 7.45. The number of amides is 2. The predicted molar refractivity (Wildman–Crippen MR) is 61.8 cm³/mol. The van der Waals surface area contributed by atoms with Crippen LogP contribution in [0.15, 0.2) is 17.3 Å². The quantitative estimate of drug-likeness (QED) is 0.248. The summed E-state index contributed by atoms with van der Waals surface area (Å²) in [5, 5.41) is 4.31. The fraction of sp³-hybridized carbons (Fsp3) is 0.444. The number of carbonyl (C=O) groups excluding carboxylic acids is 2. The fourth-order valence-corrected chi connectivity index (χ4v) is 1.33. The van der Waals surface area contributed by atoms with Crippen LogP contribution in [-0.4, -0.2) is 43.7 Å². The maximum Gasteiger partial charge on any atom is 0.332 e. The first-order valence-corrected chi connectivity index (χ1v) is 4.86. The van der Waals surface area contributed by atoms with Crippen LogP contribution in [0.4, 0.5) is 8.78 Å². The molecular formula is C9H15F2N5O2. The number of hydrogen-bond acceptors (Lipinski definition) is 6. The molecule has 2 amide bonds. The summed E-state index contributed by atoms with van der Waals surface area (Å²) in [4.78, 5) is 25.0. The van der Waals surface area contributed by atoms with E-state index >= 15 is 0 Å². The van der Waals surface area contributed by atoms with Gasteiger partial charge in [0, 0.05) is 6.54 Å². The Bertz CT molecular complexity index is 353. The number of nitrogens with zero attached hydrogens (tertiary/aromatic N) is 1. The van der Waals surface area contributed by atoms with Gasteiger partial charge in [-0.15, -0.1) is 0 Å². The number of likely N-dealkylation sites (N-methyl/N-ethyl adjacent to an activating group) is 1. The highest BCUT2D eigenvalue weighted by Crippen LogP contribution is 2.10. The molecule has 0 spiro atoms. The fourth-order valence-electron chi connectivity index (χ4n) is 1.33. The Morgan fingerprint density at radius 2 is 2.17 bits per heavy atom. The van der Waals surface area contributed by atoms with E-state index in [4.69, 9.17) is 11.5 Å². The van der Waals surface area contributed by atoms with E-state index in [1.807, 2.05) is 5.32 Å². The molecule has 0 aromatic rings. The number of alkyl halides is 2. The number of carbonyl (C=O) groups is 2. The molecule has 0 aliphatic rings. The van der Waals surface area contributed by atoms with E-state index in [-0.39, 0.29) is 18.7 Å². The zero-order chi connectivity index (χ0) is 14.2. The third-order valence-corrected chi connectivity index (χ3v) is 2.24. The van der Waals surface area contributed by atoms with Crippen LogP contribution < -0.4 is 22.1 Å². The number of aliphatic imine (C=N–C) groups is 1. The van der Waals surface area contributed by atoms with Crippen LogP contribution in [0.5, 0.6) is 0 Å². The molecule has 1 unspecified atom stereocenters. The Morgan fingerprint density at radius 3 is 2.50 bits per heavy atom. The van der Waals surface area contributed by atoms with Gasteiger partial charge in [-0.2, -0.15) is 8.78 Å². The van der Waals surface area contributed by atoms with Gasteiger partial charge in [0.1, 0.15) is 0 Å². The molecule has 0 heterocycles. The molecule has 9 heteroatoms. The second-order valence-corrected chi connectivity index (χ2v) is 3.10. The van der Waals surface area contributed by atoms with Crippen molar-refractivity contribution in [3.63, 3.8) is 0 Å². The van der Waals surface area contributed by atoms with Gasteiger partial charge < -0.3 is 16.8 Å². The van der Waals surface area contributed by atoms with Gasteiger partial charge >= 0.3 is 6.55 Å². The van der Waals surface area contributed by atoms with Crippen molar-refractivity contribution in [3.8, 4) is 0 Å². The van der Waals surface area contributed by atoms with Crippen LogP contribution in [0.3, 0.4) is 0 Å². The third kappa shape index (κ3) is 3.57. The van der Waals surface area contributed by atoms with E-state index in [2.05, 4.69) is 10.3 Å². The van der Waals surface area contributed by atoms with E-state index in [1.54, 1.807) is 0 Å². The normalized spacial score (nSPS) is 15.7. The molecule has 0 bridgehead atoms. The number of halogens is 2. The van der Waals surface area contributed by atoms with Gasteiger partial charge in [0.2, 0.25) is 6.41 Å². The van der Waals surface area contributed by atoms with Gasteiger partial charge in [-0.05, 0) is 19.3 Å². The number of hydrogen-bond donors (Lipinski definition) is 4. The van der Waals surface area contributed by atoms with Crippen LogP contribution >= 0.6 is 0 Å². The lowest BCUT2D eigenvalue weighted by molar-refractivity contribution is -0.128. The van der Waals surface area contributed by atoms with Gasteiger partial charge in [0.25, 0.3) is 5.91 Å². The number of nitrogens with two attached hydrogens (primary N) is 2. The van der Waals surface area contributed by atoms with Gasteiger partial charge in [-0.25, -0.2) is 4.99 Å². The Balaban J connectivity index is 5.65. The average molecular weight is 263 g/mol. The minimum Gasteiger partial charge on any atom is -0.405 e. The van der Waals surface area contributed by atoms with E-state index in [0.29, 0.717) is 0 Å². The summed E-state index contributed by atoms with van der Waals surface area (Å²) < 4.78 is 24.7. The van der Waals surface area contributed by atoms with Gasteiger partial charge in [0.15, 0.2) is 5.54 Å². The highest BCUT2D eigenvalue weighted by molar-refractivity contribution is 6.19. The second-order valence-electron chi connectivity index (χ2n) is 3.10. The minimum absolute atomic E-state index is 0.121. The van der Waals surface area contributed by atoms with E-state index in [1.165, 1.54) is 7.05 Å². The monoisotopic (exact) mass is 263 g/mol. The predicted octanol–water partition coefficient (Wildman–Crippen LogP) is -1.69. The number of imide groups is 1. The molecule has 6 N–H and O–H groups in total. The molecule has 0 aromatic carbocycles. The average Bonchev–Trinajstić information content (AvgIpc) is 2.31. The maximum absolute atomic E-state index is 12.3. The number of rotatable bonds is 7. The van der Waals surface area contributed by atoms with Crippen LogP contribution in [0.1, 0.15) is 0 Å². The van der Waals surface area contributed by atoms with Crippen molar-refractivity contribution in [1.29, 1.82) is 0 Å². The van der Waals surface area contributed by atoms with Crippen LogP contribution in [0, 0.1) is 0 Å². The van der Waals surface area contributed by atoms with Crippen molar-refractivity contribution < 1.29 is 18.4 Å². The smallest absolute Gasteiger partial charge is 0.332 e. The summed E-state index contributed by atoms with van der Waals surface area (Å²) in [6.45, 7) is -3.43. The Hall–Kier alpha value is -1.87. The Labute approximate surface area is 102 Å². The molecule has 0 radical (unpaired) electrons. The zero-order valence-electron chi connectivity index (χ0n) is 9.69. The summed E-state index contributed by atoms with van der Waals surface area (Å²) in [7, 11) is 1.32. The first kappa shape index (κ1) is 16.1. The van der Waals surface area contributed by atoms with Crippen molar-refractivity contribution in [2.24, 2.45) is 16.5 Å². The first-order valence-electron chi connectivity index (χ1n) is 4.86. The molecule has 0 rings (SSSR count). The van der Waals surface area contributed by atoms with Crippen LogP contribution in [0.25, 0.3) is 0 Å². The lowest BCUT2D eigenvalue weighted by Crippen LogP contribution is -2.65. The minimum atomic E-state index is -3.04. The van der Waals surface area contributed by atoms with E-state index < -0.39 is 18.0 Å². The molecule has 7 nitrogen and oxygen atoms in total. The van der Waals surface area contributed by atoms with Crippen molar-refractivity contribution in [2.75, 3.05) is 13.6 Å². The summed E-state index contributed by atoms with van der Waals surface area (Å²) in [5.74, 6) is -0.903. The molecule has 0 saturated carbocycles. The van der Waals surface area contributed by atoms with Crippen molar-refractivity contribution in [2.45, 2.75) is 12.1 Å². The van der Waals surface area contributed by atoms with Crippen LogP contribution in [-0.2, 0) is 9.59 Å². The molecule has 0 aromatic heterocycles. The zero-order valence-corrected chi connectivity index (χ0v) is 9.69. The molecule has 0 aliphatic carbocycles. The maximum atomic E-state index is 12.3. The Kier molecular flexibility index (Phi) is 6.68. The highest BCUT2D eigenvalue weighted by atomic mass is 19.3. The van der Waals surface area contributed by atoms with Crippen LogP contribution in [0.2, 0.25) is 0 Å². The summed E-state index contributed by atoms with van der Waals surface area (Å²) in [5.41, 5.74) is 8.40. The summed E-state index contributed by atoms with van der Waals surface area (Å²) >= 11 is 0. The molecule has 102 valence electrons. The van der Waals surface area contributed by atoms with Gasteiger partial charge in [0.05, 0.1) is 5.71 Å². The molecule has 1 atom stereocenters. The van der Waals surface area contributed by atoms with Crippen molar-refractivity contribution >= 4 is 18.0 Å². The summed E-state index contributed by atoms with van der Waals surface area (Å²) in [6, 6.07) is 0. The van der Waals surface area contributed by atoms with Crippen molar-refractivity contribution in [3.05, 3.63) is 12.3 Å². The van der Waals surface area contributed by atoms with Crippen molar-refractivity contribution in [1.82, 2.24) is 10.6 Å². The lowest BCUT2D eigenvalue weighted by Gasteiger charge is -2.29. The van der Waals surface area contributed by atoms with Gasteiger partial charge in [-0.3, -0.25) is 14.9 Å². The van der Waals surface area contributed by atoms with E-state index in [9.17, 15) is 18.4 Å². The molecule has 0 saturated heterocycles. The third-order valence-electron chi connectivity index (χ3n) is 2.24. The lowest BCUT2D eigenvalue weighted by atomic mass is 9.91. The summed E-state index contributed by atoms with van der Waals surface area (Å²) in [6.07, 6.45) is 2.08. The molecule has 0 aliphatic heterocycles. The molecule has 0 fully saturated rings. The topological polar surface area (TPSA) is 123 Å². The SMILES string of the molecule is CNC(CN)(C(=O)NC=O)C(C=CN)=NC(F)F. The standard InChI is InChI=1S/C9H15F2N5O2/c1-14-9(4-13,7(18)15-5-17)6(2-3-12)16-8(10)11/h2-3,5,8,14H,4,12-13H2,1H3,(H,15,17,18). The van der Waals surface area contributed by atoms with Gasteiger partial charge in [-0.1, -0.05) is 0 Å².